The minimum absolute atomic E-state index is 0.0688. The fourth-order valence-corrected chi connectivity index (χ4v) is 2.51. The second-order valence-corrected chi connectivity index (χ2v) is 5.21. The van der Waals surface area contributed by atoms with Crippen molar-refractivity contribution in [2.75, 3.05) is 5.73 Å². The molecular formula is C17H19NO2. The number of benzene rings is 2. The molecule has 0 aliphatic carbocycles. The van der Waals surface area contributed by atoms with E-state index in [-0.39, 0.29) is 17.5 Å². The lowest BCUT2D eigenvalue weighted by molar-refractivity contribution is -0.117. The first kappa shape index (κ1) is 14.1. The lowest BCUT2D eigenvalue weighted by atomic mass is 9.86. The van der Waals surface area contributed by atoms with Gasteiger partial charge in [0.15, 0.2) is 0 Å². The molecule has 1 atom stereocenters. The largest absolute Gasteiger partial charge is 0.507 e. The van der Waals surface area contributed by atoms with Crippen LogP contribution >= 0.6 is 0 Å². The van der Waals surface area contributed by atoms with Crippen LogP contribution in [0.4, 0.5) is 5.69 Å². The molecular weight excluding hydrogens is 250 g/mol. The number of rotatable bonds is 3. The van der Waals surface area contributed by atoms with Gasteiger partial charge in [0.1, 0.15) is 11.5 Å². The van der Waals surface area contributed by atoms with Crippen LogP contribution in [-0.2, 0) is 4.79 Å². The fourth-order valence-electron chi connectivity index (χ4n) is 2.51. The number of anilines is 1. The Bertz CT molecular complexity index is 622. The van der Waals surface area contributed by atoms with Gasteiger partial charge in [0, 0.05) is 5.69 Å². The Morgan fingerprint density at radius 1 is 1.05 bits per heavy atom. The normalized spacial score (nSPS) is 12.2. The first-order valence-electron chi connectivity index (χ1n) is 6.56. The molecule has 20 heavy (non-hydrogen) atoms. The summed E-state index contributed by atoms with van der Waals surface area (Å²) < 4.78 is 0. The van der Waals surface area contributed by atoms with E-state index in [1.807, 2.05) is 38.1 Å². The van der Waals surface area contributed by atoms with Crippen molar-refractivity contribution in [1.82, 2.24) is 0 Å². The van der Waals surface area contributed by atoms with Crippen LogP contribution in [0.5, 0.6) is 5.75 Å². The molecule has 0 aromatic heterocycles. The average molecular weight is 269 g/mol. The molecule has 0 saturated carbocycles. The van der Waals surface area contributed by atoms with Gasteiger partial charge in [-0.1, -0.05) is 24.3 Å². The van der Waals surface area contributed by atoms with Crippen molar-refractivity contribution >= 4 is 11.5 Å². The number of phenols is 1. The Labute approximate surface area is 119 Å². The van der Waals surface area contributed by atoms with Gasteiger partial charge in [-0.25, -0.2) is 0 Å². The molecule has 2 aromatic rings. The van der Waals surface area contributed by atoms with Gasteiger partial charge in [0.2, 0.25) is 0 Å². The summed E-state index contributed by atoms with van der Waals surface area (Å²) in [6, 6.07) is 11.1. The maximum Gasteiger partial charge on any atom is 0.141 e. The average Bonchev–Trinajstić information content (AvgIpc) is 2.38. The van der Waals surface area contributed by atoms with Crippen molar-refractivity contribution in [3.8, 4) is 5.75 Å². The minimum Gasteiger partial charge on any atom is -0.507 e. The van der Waals surface area contributed by atoms with E-state index in [9.17, 15) is 9.90 Å². The quantitative estimate of drug-likeness (QED) is 0.840. The number of carbonyl (C=O) groups excluding carboxylic acids is 1. The van der Waals surface area contributed by atoms with Crippen molar-refractivity contribution in [1.29, 1.82) is 0 Å². The van der Waals surface area contributed by atoms with Crippen LogP contribution < -0.4 is 5.73 Å². The van der Waals surface area contributed by atoms with E-state index in [4.69, 9.17) is 5.73 Å². The summed E-state index contributed by atoms with van der Waals surface area (Å²) in [6.45, 7) is 5.26. The highest BCUT2D eigenvalue weighted by Crippen LogP contribution is 2.31. The zero-order valence-electron chi connectivity index (χ0n) is 12.0. The SMILES string of the molecule is CC(=O)C(c1ccc(N)cc1)c1cc(C)c(O)c(C)c1. The summed E-state index contributed by atoms with van der Waals surface area (Å²) in [5, 5.41) is 9.86. The van der Waals surface area contributed by atoms with Gasteiger partial charge >= 0.3 is 0 Å². The van der Waals surface area contributed by atoms with Crippen LogP contribution in [0.2, 0.25) is 0 Å². The van der Waals surface area contributed by atoms with Gasteiger partial charge in [-0.2, -0.15) is 0 Å². The number of carbonyl (C=O) groups is 1. The predicted octanol–water partition coefficient (Wildman–Crippen LogP) is 3.31. The van der Waals surface area contributed by atoms with Gasteiger partial charge in [0.25, 0.3) is 0 Å². The number of hydrogen-bond acceptors (Lipinski definition) is 3. The monoisotopic (exact) mass is 269 g/mol. The van der Waals surface area contributed by atoms with E-state index in [0.29, 0.717) is 5.69 Å². The molecule has 3 heteroatoms. The summed E-state index contributed by atoms with van der Waals surface area (Å²) in [6.07, 6.45) is 0. The molecule has 0 fully saturated rings. The molecule has 0 saturated heterocycles. The van der Waals surface area contributed by atoms with Gasteiger partial charge in [-0.15, -0.1) is 0 Å². The number of nitrogens with two attached hydrogens (primary N) is 1. The van der Waals surface area contributed by atoms with Crippen LogP contribution in [0.15, 0.2) is 36.4 Å². The van der Waals surface area contributed by atoms with Crippen molar-refractivity contribution in [3.63, 3.8) is 0 Å². The van der Waals surface area contributed by atoms with Crippen molar-refractivity contribution in [3.05, 3.63) is 58.7 Å². The summed E-state index contributed by atoms with van der Waals surface area (Å²) >= 11 is 0. The highest BCUT2D eigenvalue weighted by atomic mass is 16.3. The van der Waals surface area contributed by atoms with E-state index in [1.54, 1.807) is 19.1 Å². The van der Waals surface area contributed by atoms with E-state index in [1.165, 1.54) is 0 Å². The third-order valence-corrected chi connectivity index (χ3v) is 3.52. The highest BCUT2D eigenvalue weighted by Gasteiger charge is 2.20. The van der Waals surface area contributed by atoms with E-state index in [0.717, 1.165) is 22.3 Å². The van der Waals surface area contributed by atoms with Crippen LogP contribution in [0.25, 0.3) is 0 Å². The third kappa shape index (κ3) is 2.67. The van der Waals surface area contributed by atoms with Gasteiger partial charge in [-0.3, -0.25) is 4.79 Å². The number of phenolic OH excluding ortho intramolecular Hbond substituents is 1. The predicted molar refractivity (Wildman–Crippen MR) is 81.0 cm³/mol. The second-order valence-electron chi connectivity index (χ2n) is 5.21. The number of nitrogen functional groups attached to an aromatic ring is 1. The zero-order valence-corrected chi connectivity index (χ0v) is 12.0. The Hall–Kier alpha value is -2.29. The molecule has 1 unspecified atom stereocenters. The molecule has 0 spiro atoms. The van der Waals surface area contributed by atoms with Crippen LogP contribution in [0.3, 0.4) is 0 Å². The smallest absolute Gasteiger partial charge is 0.141 e. The summed E-state index contributed by atoms with van der Waals surface area (Å²) in [4.78, 5) is 12.0. The number of Topliss-reactive ketones (excluding diaryl/α,β-unsaturated/α-hetero) is 1. The van der Waals surface area contributed by atoms with Crippen molar-refractivity contribution in [2.24, 2.45) is 0 Å². The molecule has 2 aromatic carbocycles. The Balaban J connectivity index is 2.54. The number of aromatic hydroxyl groups is 1. The summed E-state index contributed by atoms with van der Waals surface area (Å²) in [7, 11) is 0. The molecule has 3 nitrogen and oxygen atoms in total. The number of hydrogen-bond donors (Lipinski definition) is 2. The molecule has 0 heterocycles. The third-order valence-electron chi connectivity index (χ3n) is 3.52. The van der Waals surface area contributed by atoms with Gasteiger partial charge < -0.3 is 10.8 Å². The summed E-state index contributed by atoms with van der Waals surface area (Å²) in [5.74, 6) is 0.0289. The number of ketones is 1. The standard InChI is InChI=1S/C17H19NO2/c1-10-8-14(9-11(2)17(10)20)16(12(3)19)13-4-6-15(18)7-5-13/h4-9,16,20H,18H2,1-3H3. The molecule has 0 radical (unpaired) electrons. The molecule has 0 aliphatic rings. The molecule has 0 amide bonds. The van der Waals surface area contributed by atoms with Crippen LogP contribution in [0.1, 0.15) is 35.1 Å². The van der Waals surface area contributed by atoms with Crippen LogP contribution in [0, 0.1) is 13.8 Å². The molecule has 2 rings (SSSR count). The van der Waals surface area contributed by atoms with Crippen molar-refractivity contribution in [2.45, 2.75) is 26.7 Å². The maximum atomic E-state index is 12.0. The summed E-state index contributed by atoms with van der Waals surface area (Å²) in [5.41, 5.74) is 9.74. The Kier molecular flexibility index (Phi) is 3.79. The number of aryl methyl sites for hydroxylation is 2. The Morgan fingerprint density at radius 3 is 2.00 bits per heavy atom. The first-order valence-corrected chi connectivity index (χ1v) is 6.56. The lowest BCUT2D eigenvalue weighted by Gasteiger charge is -2.17. The molecule has 0 bridgehead atoms. The first-order chi connectivity index (χ1) is 9.40. The second kappa shape index (κ2) is 5.37. The van der Waals surface area contributed by atoms with Gasteiger partial charge in [0.05, 0.1) is 5.92 Å². The highest BCUT2D eigenvalue weighted by molar-refractivity contribution is 5.87. The van der Waals surface area contributed by atoms with Crippen molar-refractivity contribution < 1.29 is 9.90 Å². The minimum atomic E-state index is -0.325. The molecule has 104 valence electrons. The topological polar surface area (TPSA) is 63.3 Å². The van der Waals surface area contributed by atoms with E-state index in [2.05, 4.69) is 0 Å². The lowest BCUT2D eigenvalue weighted by Crippen LogP contribution is -2.11. The van der Waals surface area contributed by atoms with Gasteiger partial charge in [-0.05, 0) is 55.2 Å². The maximum absolute atomic E-state index is 12.0. The zero-order chi connectivity index (χ0) is 14.9. The molecule has 0 aliphatic heterocycles. The molecule has 3 N–H and O–H groups in total. The van der Waals surface area contributed by atoms with Crippen LogP contribution in [-0.4, -0.2) is 10.9 Å². The Morgan fingerprint density at radius 2 is 1.55 bits per heavy atom. The van der Waals surface area contributed by atoms with E-state index < -0.39 is 0 Å². The fraction of sp³-hybridized carbons (Fsp3) is 0.235. The van der Waals surface area contributed by atoms with E-state index >= 15 is 0 Å².